The summed E-state index contributed by atoms with van der Waals surface area (Å²) in [7, 11) is -3.42. The van der Waals surface area contributed by atoms with E-state index in [1.54, 1.807) is 28.2 Å². The predicted molar refractivity (Wildman–Crippen MR) is 114 cm³/mol. The molecule has 0 saturated heterocycles. The van der Waals surface area contributed by atoms with Crippen molar-refractivity contribution in [3.8, 4) is 0 Å². The Morgan fingerprint density at radius 1 is 1.00 bits per heavy atom. The Kier molecular flexibility index (Phi) is 5.31. The van der Waals surface area contributed by atoms with E-state index in [-0.39, 0.29) is 18.2 Å². The molecule has 4 rings (SSSR count). The summed E-state index contributed by atoms with van der Waals surface area (Å²) in [6.07, 6.45) is 5.64. The number of hydrogen-bond donors (Lipinski definition) is 0. The quantitative estimate of drug-likeness (QED) is 0.764. The predicted octanol–water partition coefficient (Wildman–Crippen LogP) is 2.76. The smallest absolute Gasteiger partial charge is 0.259 e. The lowest BCUT2D eigenvalue weighted by Gasteiger charge is -2.29. The Hall–Kier alpha value is -3.19. The molecule has 0 radical (unpaired) electrons. The number of anilines is 1. The maximum atomic E-state index is 13.3. The van der Waals surface area contributed by atoms with E-state index in [2.05, 4.69) is 4.40 Å². The molecule has 0 atom stereocenters. The van der Waals surface area contributed by atoms with Crippen LogP contribution in [0.3, 0.4) is 0 Å². The van der Waals surface area contributed by atoms with E-state index in [1.165, 1.54) is 0 Å². The van der Waals surface area contributed by atoms with Gasteiger partial charge in [0, 0.05) is 25.0 Å². The van der Waals surface area contributed by atoms with Crippen LogP contribution in [0.25, 0.3) is 0 Å². The highest BCUT2D eigenvalue weighted by molar-refractivity contribution is 7.90. The summed E-state index contributed by atoms with van der Waals surface area (Å²) in [5.41, 5.74) is 2.48. The molecule has 0 spiro atoms. The van der Waals surface area contributed by atoms with Crippen molar-refractivity contribution in [2.45, 2.75) is 6.42 Å². The van der Waals surface area contributed by atoms with Gasteiger partial charge in [0.1, 0.15) is 5.84 Å². The zero-order valence-corrected chi connectivity index (χ0v) is 16.6. The van der Waals surface area contributed by atoms with Gasteiger partial charge in [-0.2, -0.15) is 0 Å². The van der Waals surface area contributed by atoms with Crippen LogP contribution in [0.15, 0.2) is 89.0 Å². The Balaban J connectivity index is 1.59. The lowest BCUT2D eigenvalue weighted by atomic mass is 10.1. The minimum absolute atomic E-state index is 0.0568. The van der Waals surface area contributed by atoms with Gasteiger partial charge in [0.05, 0.1) is 11.3 Å². The van der Waals surface area contributed by atoms with Crippen molar-refractivity contribution in [2.75, 3.05) is 23.7 Å². The summed E-state index contributed by atoms with van der Waals surface area (Å²) in [6, 6.07) is 19.6. The van der Waals surface area contributed by atoms with Crippen LogP contribution in [0.5, 0.6) is 0 Å². The molecule has 2 aromatic carbocycles. The van der Waals surface area contributed by atoms with Crippen molar-refractivity contribution in [1.29, 1.82) is 0 Å². The third kappa shape index (κ3) is 4.46. The first-order chi connectivity index (χ1) is 14.0. The average Bonchev–Trinajstić information content (AvgIpc) is 2.74. The van der Waals surface area contributed by atoms with Gasteiger partial charge in [0.2, 0.25) is 0 Å². The molecule has 1 amide bonds. The SMILES string of the molecule is O=C(C1=CN2CCS(=O)(=O)N=C2C=C1)N(CCc1ccccc1)c1ccccc1. The first-order valence-electron chi connectivity index (χ1n) is 9.42. The van der Waals surface area contributed by atoms with Crippen molar-refractivity contribution in [3.05, 3.63) is 90.2 Å². The number of amidine groups is 1. The Morgan fingerprint density at radius 2 is 1.69 bits per heavy atom. The van der Waals surface area contributed by atoms with Gasteiger partial charge < -0.3 is 9.80 Å². The van der Waals surface area contributed by atoms with Crippen molar-refractivity contribution in [1.82, 2.24) is 4.90 Å². The van der Waals surface area contributed by atoms with Crippen molar-refractivity contribution >= 4 is 27.5 Å². The van der Waals surface area contributed by atoms with E-state index in [4.69, 9.17) is 0 Å². The van der Waals surface area contributed by atoms with E-state index in [0.29, 0.717) is 18.0 Å². The van der Waals surface area contributed by atoms with Crippen LogP contribution in [0, 0.1) is 0 Å². The Morgan fingerprint density at radius 3 is 2.41 bits per heavy atom. The van der Waals surface area contributed by atoms with E-state index in [0.717, 1.165) is 17.7 Å². The van der Waals surface area contributed by atoms with Crippen molar-refractivity contribution in [2.24, 2.45) is 4.40 Å². The van der Waals surface area contributed by atoms with Gasteiger partial charge in [0.25, 0.3) is 15.9 Å². The summed E-state index contributed by atoms with van der Waals surface area (Å²) in [6.45, 7) is 0.824. The fourth-order valence-electron chi connectivity index (χ4n) is 3.32. The minimum atomic E-state index is -3.42. The molecule has 0 fully saturated rings. The van der Waals surface area contributed by atoms with E-state index in [9.17, 15) is 13.2 Å². The van der Waals surface area contributed by atoms with Crippen LogP contribution in [-0.4, -0.2) is 43.9 Å². The number of rotatable bonds is 5. The first kappa shape index (κ1) is 19.1. The topological polar surface area (TPSA) is 70.0 Å². The van der Waals surface area contributed by atoms with Crippen LogP contribution >= 0.6 is 0 Å². The fraction of sp³-hybridized carbons (Fsp3) is 0.182. The van der Waals surface area contributed by atoms with E-state index < -0.39 is 10.0 Å². The molecule has 2 aliphatic heterocycles. The number of hydrogen-bond acceptors (Lipinski definition) is 4. The molecular formula is C22H21N3O3S. The summed E-state index contributed by atoms with van der Waals surface area (Å²) < 4.78 is 27.1. The molecule has 7 heteroatoms. The van der Waals surface area contributed by atoms with Crippen LogP contribution in [0.4, 0.5) is 5.69 Å². The molecule has 0 aliphatic carbocycles. The number of nitrogens with zero attached hydrogens (tertiary/aromatic N) is 3. The highest BCUT2D eigenvalue weighted by Crippen LogP contribution is 2.21. The normalized spacial score (nSPS) is 17.2. The number of carbonyl (C=O) groups excluding carboxylic acids is 1. The number of sulfonamides is 1. The monoisotopic (exact) mass is 407 g/mol. The second kappa shape index (κ2) is 8.05. The molecule has 0 N–H and O–H groups in total. The number of carbonyl (C=O) groups is 1. The molecule has 2 heterocycles. The Bertz CT molecular complexity index is 1090. The summed E-state index contributed by atoms with van der Waals surface area (Å²) >= 11 is 0. The fourth-order valence-corrected chi connectivity index (χ4v) is 4.29. The van der Waals surface area contributed by atoms with Gasteiger partial charge in [-0.1, -0.05) is 48.5 Å². The van der Waals surface area contributed by atoms with E-state index in [1.807, 2.05) is 60.7 Å². The van der Waals surface area contributed by atoms with Crippen LogP contribution in [-0.2, 0) is 21.2 Å². The second-order valence-electron chi connectivity index (χ2n) is 6.87. The summed E-state index contributed by atoms with van der Waals surface area (Å²) in [4.78, 5) is 16.8. The third-order valence-corrected chi connectivity index (χ3v) is 6.01. The second-order valence-corrected chi connectivity index (χ2v) is 8.63. The summed E-state index contributed by atoms with van der Waals surface area (Å²) in [5, 5.41) is 0. The maximum Gasteiger partial charge on any atom is 0.259 e. The highest BCUT2D eigenvalue weighted by atomic mass is 32.2. The number of para-hydroxylation sites is 1. The molecule has 0 bridgehead atoms. The van der Waals surface area contributed by atoms with Gasteiger partial charge in [-0.15, -0.1) is 4.40 Å². The molecule has 0 aromatic heterocycles. The van der Waals surface area contributed by atoms with Crippen molar-refractivity contribution < 1.29 is 13.2 Å². The van der Waals surface area contributed by atoms with Crippen molar-refractivity contribution in [3.63, 3.8) is 0 Å². The van der Waals surface area contributed by atoms with Gasteiger partial charge in [-0.3, -0.25) is 4.79 Å². The molecule has 148 valence electrons. The van der Waals surface area contributed by atoms with Gasteiger partial charge in [-0.25, -0.2) is 8.42 Å². The van der Waals surface area contributed by atoms with Gasteiger partial charge in [0.15, 0.2) is 0 Å². The van der Waals surface area contributed by atoms with Gasteiger partial charge >= 0.3 is 0 Å². The standard InChI is InChI=1S/C22H21N3O3S/c26-22(19-11-12-21-23-29(27,28)16-15-24(21)17-19)25(20-9-5-2-6-10-20)14-13-18-7-3-1-4-8-18/h1-12,17H,13-16H2. The van der Waals surface area contributed by atoms with Crippen LogP contribution < -0.4 is 4.90 Å². The number of amides is 1. The first-order valence-corrected chi connectivity index (χ1v) is 11.0. The maximum absolute atomic E-state index is 13.3. The molecule has 6 nitrogen and oxygen atoms in total. The van der Waals surface area contributed by atoms with E-state index >= 15 is 0 Å². The molecule has 0 unspecified atom stereocenters. The number of fused-ring (bicyclic) bond motifs is 1. The molecule has 2 aromatic rings. The van der Waals surface area contributed by atoms with Crippen LogP contribution in [0.2, 0.25) is 0 Å². The Labute approximate surface area is 170 Å². The highest BCUT2D eigenvalue weighted by Gasteiger charge is 2.27. The van der Waals surface area contributed by atoms with Crippen LogP contribution in [0.1, 0.15) is 5.56 Å². The largest absolute Gasteiger partial charge is 0.330 e. The zero-order chi connectivity index (χ0) is 20.3. The molecule has 29 heavy (non-hydrogen) atoms. The zero-order valence-electron chi connectivity index (χ0n) is 15.8. The molecular weight excluding hydrogens is 386 g/mol. The number of benzene rings is 2. The van der Waals surface area contributed by atoms with Gasteiger partial charge in [-0.05, 0) is 36.3 Å². The lowest BCUT2D eigenvalue weighted by molar-refractivity contribution is -0.114. The lowest BCUT2D eigenvalue weighted by Crippen LogP contribution is -2.39. The third-order valence-electron chi connectivity index (χ3n) is 4.85. The molecule has 0 saturated carbocycles. The molecule has 2 aliphatic rings. The average molecular weight is 407 g/mol. The summed E-state index contributed by atoms with van der Waals surface area (Å²) in [5.74, 6) is 0.165. The minimum Gasteiger partial charge on any atom is -0.330 e.